The Morgan fingerprint density at radius 1 is 1.18 bits per heavy atom. The molecule has 0 spiro atoms. The highest BCUT2D eigenvalue weighted by molar-refractivity contribution is 7.89. The van der Waals surface area contributed by atoms with Crippen molar-refractivity contribution in [3.8, 4) is 0 Å². The number of hydrogen-bond donors (Lipinski definition) is 3. The van der Waals surface area contributed by atoms with Crippen LogP contribution in [0.2, 0.25) is 0 Å². The Hall–Kier alpha value is -1.44. The number of nitrogens with one attached hydrogen (secondary N) is 2. The molecule has 0 atom stereocenters. The minimum atomic E-state index is -3.65. The third kappa shape index (κ3) is 7.53. The zero-order valence-electron chi connectivity index (χ0n) is 13.1. The van der Waals surface area contributed by atoms with Gasteiger partial charge in [0.05, 0.1) is 4.90 Å². The highest BCUT2D eigenvalue weighted by Crippen LogP contribution is 2.08. The van der Waals surface area contributed by atoms with Gasteiger partial charge in [-0.05, 0) is 36.6 Å². The molecule has 0 aliphatic rings. The first-order valence-corrected chi connectivity index (χ1v) is 8.93. The summed E-state index contributed by atoms with van der Waals surface area (Å²) in [5.74, 6) is 0.584. The summed E-state index contributed by atoms with van der Waals surface area (Å²) in [7, 11) is -3.65. The van der Waals surface area contributed by atoms with Crippen molar-refractivity contribution in [2.75, 3.05) is 19.6 Å². The molecule has 1 aromatic rings. The largest absolute Gasteiger partial charge is 0.356 e. The molecule has 6 nitrogen and oxygen atoms in total. The van der Waals surface area contributed by atoms with Crippen LogP contribution in [-0.2, 0) is 21.2 Å². The number of rotatable bonds is 9. The van der Waals surface area contributed by atoms with E-state index in [4.69, 9.17) is 5.14 Å². The monoisotopic (exact) mass is 327 g/mol. The van der Waals surface area contributed by atoms with E-state index in [0.29, 0.717) is 31.8 Å². The molecule has 1 amide bonds. The van der Waals surface area contributed by atoms with Crippen LogP contribution in [0.15, 0.2) is 29.2 Å². The topological polar surface area (TPSA) is 101 Å². The summed E-state index contributed by atoms with van der Waals surface area (Å²) in [6.45, 7) is 6.34. The van der Waals surface area contributed by atoms with Crippen molar-refractivity contribution in [1.82, 2.24) is 10.6 Å². The van der Waals surface area contributed by atoms with E-state index < -0.39 is 10.0 Å². The maximum Gasteiger partial charge on any atom is 0.238 e. The van der Waals surface area contributed by atoms with E-state index in [9.17, 15) is 13.2 Å². The summed E-state index contributed by atoms with van der Waals surface area (Å²) >= 11 is 0. The van der Waals surface area contributed by atoms with Crippen LogP contribution < -0.4 is 15.8 Å². The second kappa shape index (κ2) is 8.87. The normalized spacial score (nSPS) is 11.6. The van der Waals surface area contributed by atoms with Gasteiger partial charge in [-0.25, -0.2) is 13.6 Å². The second-order valence-electron chi connectivity index (χ2n) is 5.64. The number of sulfonamides is 1. The van der Waals surface area contributed by atoms with Crippen LogP contribution in [0.3, 0.4) is 0 Å². The van der Waals surface area contributed by atoms with Gasteiger partial charge in [-0.3, -0.25) is 4.79 Å². The molecule has 0 aliphatic heterocycles. The van der Waals surface area contributed by atoms with Gasteiger partial charge in [0.25, 0.3) is 0 Å². The van der Waals surface area contributed by atoms with Crippen LogP contribution in [-0.4, -0.2) is 34.0 Å². The van der Waals surface area contributed by atoms with Crippen molar-refractivity contribution in [1.29, 1.82) is 0 Å². The minimum Gasteiger partial charge on any atom is -0.356 e. The number of amides is 1. The van der Waals surface area contributed by atoms with Crippen LogP contribution in [0.25, 0.3) is 0 Å². The smallest absolute Gasteiger partial charge is 0.238 e. The molecule has 0 unspecified atom stereocenters. The molecule has 0 fully saturated rings. The Kier molecular flexibility index (Phi) is 7.50. The number of hydrogen-bond acceptors (Lipinski definition) is 4. The number of carbonyl (C=O) groups excluding carboxylic acids is 1. The molecule has 1 aromatic carbocycles. The van der Waals surface area contributed by atoms with E-state index in [-0.39, 0.29) is 10.8 Å². The molecular formula is C15H25N3O3S. The zero-order chi connectivity index (χ0) is 16.6. The van der Waals surface area contributed by atoms with E-state index in [1.165, 1.54) is 12.1 Å². The summed E-state index contributed by atoms with van der Waals surface area (Å²) < 4.78 is 22.3. The number of primary sulfonamides is 1. The lowest BCUT2D eigenvalue weighted by Crippen LogP contribution is -2.30. The Balaban J connectivity index is 2.25. The van der Waals surface area contributed by atoms with E-state index in [2.05, 4.69) is 24.5 Å². The van der Waals surface area contributed by atoms with Gasteiger partial charge in [0, 0.05) is 19.5 Å². The van der Waals surface area contributed by atoms with Crippen molar-refractivity contribution < 1.29 is 13.2 Å². The van der Waals surface area contributed by atoms with E-state index >= 15 is 0 Å². The first-order valence-electron chi connectivity index (χ1n) is 7.38. The van der Waals surface area contributed by atoms with Crippen LogP contribution in [0.5, 0.6) is 0 Å². The third-order valence-electron chi connectivity index (χ3n) is 3.07. The standard InChI is InChI=1S/C15H25N3O3S/c1-12(2)11-17-9-8-15(19)18-10-7-13-3-5-14(6-4-13)22(16,20)21/h3-6,12,17H,7-11H2,1-2H3,(H,18,19)(H2,16,20,21). The summed E-state index contributed by atoms with van der Waals surface area (Å²) in [5.41, 5.74) is 0.950. The Morgan fingerprint density at radius 2 is 1.82 bits per heavy atom. The average Bonchev–Trinajstić information content (AvgIpc) is 2.43. The molecule has 0 saturated heterocycles. The van der Waals surface area contributed by atoms with E-state index in [1.54, 1.807) is 12.1 Å². The Labute approximate surface area is 132 Å². The molecule has 0 saturated carbocycles. The van der Waals surface area contributed by atoms with Crippen molar-refractivity contribution in [3.63, 3.8) is 0 Å². The minimum absolute atomic E-state index is 0.0115. The summed E-state index contributed by atoms with van der Waals surface area (Å²) in [6.07, 6.45) is 1.10. The molecule has 7 heteroatoms. The van der Waals surface area contributed by atoms with Gasteiger partial charge in [0.15, 0.2) is 0 Å². The van der Waals surface area contributed by atoms with Gasteiger partial charge in [-0.1, -0.05) is 26.0 Å². The molecule has 124 valence electrons. The lowest BCUT2D eigenvalue weighted by molar-refractivity contribution is -0.120. The first-order chi connectivity index (χ1) is 10.3. The van der Waals surface area contributed by atoms with Gasteiger partial charge < -0.3 is 10.6 Å². The maximum atomic E-state index is 11.6. The van der Waals surface area contributed by atoms with Gasteiger partial charge in [-0.15, -0.1) is 0 Å². The van der Waals surface area contributed by atoms with Crippen LogP contribution in [0, 0.1) is 5.92 Å². The lowest BCUT2D eigenvalue weighted by atomic mass is 10.1. The van der Waals surface area contributed by atoms with Gasteiger partial charge in [0.2, 0.25) is 15.9 Å². The number of carbonyl (C=O) groups is 1. The molecule has 0 radical (unpaired) electrons. The third-order valence-corrected chi connectivity index (χ3v) is 4.00. The van der Waals surface area contributed by atoms with Crippen molar-refractivity contribution in [2.24, 2.45) is 11.1 Å². The fourth-order valence-electron chi connectivity index (χ4n) is 1.87. The number of nitrogens with two attached hydrogens (primary N) is 1. The van der Waals surface area contributed by atoms with Gasteiger partial charge in [-0.2, -0.15) is 0 Å². The van der Waals surface area contributed by atoms with Crippen LogP contribution >= 0.6 is 0 Å². The highest BCUT2D eigenvalue weighted by atomic mass is 32.2. The fraction of sp³-hybridized carbons (Fsp3) is 0.533. The van der Waals surface area contributed by atoms with E-state index in [1.807, 2.05) is 0 Å². The summed E-state index contributed by atoms with van der Waals surface area (Å²) in [5, 5.41) is 11.1. The second-order valence-corrected chi connectivity index (χ2v) is 7.20. The van der Waals surface area contributed by atoms with E-state index in [0.717, 1.165) is 12.1 Å². The Bertz CT molecular complexity index is 568. The predicted molar refractivity (Wildman–Crippen MR) is 86.9 cm³/mol. The quantitative estimate of drug-likeness (QED) is 0.579. The fourth-order valence-corrected chi connectivity index (χ4v) is 2.39. The molecule has 0 bridgehead atoms. The summed E-state index contributed by atoms with van der Waals surface area (Å²) in [4.78, 5) is 11.7. The SMILES string of the molecule is CC(C)CNCCC(=O)NCCc1ccc(S(N)(=O)=O)cc1. The van der Waals surface area contributed by atoms with Crippen molar-refractivity contribution >= 4 is 15.9 Å². The van der Waals surface area contributed by atoms with Gasteiger partial charge >= 0.3 is 0 Å². The summed E-state index contributed by atoms with van der Waals surface area (Å²) in [6, 6.07) is 6.36. The van der Waals surface area contributed by atoms with Crippen molar-refractivity contribution in [2.45, 2.75) is 31.6 Å². The zero-order valence-corrected chi connectivity index (χ0v) is 13.9. The molecule has 0 heterocycles. The number of benzene rings is 1. The molecular weight excluding hydrogens is 302 g/mol. The molecule has 0 aliphatic carbocycles. The molecule has 0 aromatic heterocycles. The lowest BCUT2D eigenvalue weighted by Gasteiger charge is -2.08. The molecule has 4 N–H and O–H groups in total. The Morgan fingerprint density at radius 3 is 2.36 bits per heavy atom. The molecule has 22 heavy (non-hydrogen) atoms. The van der Waals surface area contributed by atoms with Gasteiger partial charge in [0.1, 0.15) is 0 Å². The predicted octanol–water partition coefficient (Wildman–Crippen LogP) is 0.628. The maximum absolute atomic E-state index is 11.6. The average molecular weight is 327 g/mol. The van der Waals surface area contributed by atoms with Crippen LogP contribution in [0.1, 0.15) is 25.8 Å². The highest BCUT2D eigenvalue weighted by Gasteiger charge is 2.07. The van der Waals surface area contributed by atoms with Crippen molar-refractivity contribution in [3.05, 3.63) is 29.8 Å². The first kappa shape index (κ1) is 18.6. The van der Waals surface area contributed by atoms with Crippen LogP contribution in [0.4, 0.5) is 0 Å². The molecule has 1 rings (SSSR count).